The van der Waals surface area contributed by atoms with Crippen molar-refractivity contribution in [2.75, 3.05) is 0 Å². The van der Waals surface area contributed by atoms with Crippen LogP contribution in [0.1, 0.15) is 57.6 Å². The van der Waals surface area contributed by atoms with E-state index in [2.05, 4.69) is 49.9 Å². The van der Waals surface area contributed by atoms with E-state index in [0.29, 0.717) is 6.04 Å². The van der Waals surface area contributed by atoms with Gasteiger partial charge in [-0.1, -0.05) is 26.2 Å². The van der Waals surface area contributed by atoms with E-state index >= 15 is 0 Å². The van der Waals surface area contributed by atoms with Gasteiger partial charge in [0.2, 0.25) is 0 Å². The van der Waals surface area contributed by atoms with Gasteiger partial charge in [0.15, 0.2) is 18.4 Å². The molecule has 8 heteroatoms. The molecular weight excluding hydrogens is 327 g/mol. The minimum atomic E-state index is -10.7. The van der Waals surface area contributed by atoms with Crippen molar-refractivity contribution in [3.05, 3.63) is 30.1 Å². The molecule has 0 spiro atoms. The summed E-state index contributed by atoms with van der Waals surface area (Å²) in [6, 6.07) is 5.01. The van der Waals surface area contributed by atoms with Gasteiger partial charge in [0.05, 0.1) is 0 Å². The Balaban J connectivity index is 0.000000534. The summed E-state index contributed by atoms with van der Waals surface area (Å²) in [5.74, 6) is 0. The first-order valence-corrected chi connectivity index (χ1v) is 9.25. The third kappa shape index (κ3) is 17.2. The molecule has 1 rings (SSSR count). The van der Waals surface area contributed by atoms with Gasteiger partial charge in [-0.2, -0.15) is 0 Å². The van der Waals surface area contributed by atoms with Crippen molar-refractivity contribution in [3.8, 4) is 0 Å². The molecule has 132 valence electrons. The molecule has 0 bridgehead atoms. The molecule has 0 N–H and O–H groups in total. The fourth-order valence-electron chi connectivity index (χ4n) is 1.82. The zero-order valence-electron chi connectivity index (χ0n) is 13.1. The molecule has 0 fully saturated rings. The van der Waals surface area contributed by atoms with Crippen molar-refractivity contribution >= 4 is 7.81 Å². The second-order valence-electron chi connectivity index (χ2n) is 5.48. The van der Waals surface area contributed by atoms with E-state index in [0.717, 1.165) is 0 Å². The fourth-order valence-corrected chi connectivity index (χ4v) is 1.82. The third-order valence-corrected chi connectivity index (χ3v) is 3.00. The van der Waals surface area contributed by atoms with Gasteiger partial charge in [0.25, 0.3) is 0 Å². The van der Waals surface area contributed by atoms with Crippen molar-refractivity contribution < 1.29 is 29.7 Å². The number of rotatable bonds is 6. The van der Waals surface area contributed by atoms with Crippen molar-refractivity contribution in [1.29, 1.82) is 0 Å². The number of pyridine rings is 1. The maximum atomic E-state index is 9.87. The van der Waals surface area contributed by atoms with Crippen LogP contribution in [-0.4, -0.2) is 0 Å². The third-order valence-electron chi connectivity index (χ3n) is 3.00. The SMILES string of the molecule is CCCCCCC(C)[n+]1ccc(C)cc1.F[P-](F)(F)(F)(F)F. The van der Waals surface area contributed by atoms with Gasteiger partial charge in [0.1, 0.15) is 0 Å². The van der Waals surface area contributed by atoms with Crippen molar-refractivity contribution in [2.45, 2.75) is 58.9 Å². The van der Waals surface area contributed by atoms with E-state index in [1.807, 2.05) is 0 Å². The summed E-state index contributed by atoms with van der Waals surface area (Å²) in [5.41, 5.74) is 1.34. The van der Waals surface area contributed by atoms with Crippen LogP contribution in [0.4, 0.5) is 25.2 Å². The molecule has 0 saturated carbocycles. The van der Waals surface area contributed by atoms with Crippen LogP contribution in [0.15, 0.2) is 24.5 Å². The van der Waals surface area contributed by atoms with Crippen LogP contribution in [0.25, 0.3) is 0 Å². The molecule has 0 aliphatic carbocycles. The predicted molar refractivity (Wildman–Crippen MR) is 78.4 cm³/mol. The predicted octanol–water partition coefficient (Wildman–Crippen LogP) is 7.20. The average Bonchev–Trinajstić information content (AvgIpc) is 2.31. The second kappa shape index (κ2) is 7.16. The summed E-state index contributed by atoms with van der Waals surface area (Å²) in [5, 5.41) is 0. The Morgan fingerprint density at radius 2 is 1.41 bits per heavy atom. The Hall–Kier alpha value is -0.840. The van der Waals surface area contributed by atoms with Gasteiger partial charge in [-0.3, -0.25) is 0 Å². The molecule has 1 aromatic heterocycles. The van der Waals surface area contributed by atoms with Crippen LogP contribution in [0.2, 0.25) is 0 Å². The monoisotopic (exact) mass is 351 g/mol. The molecular formula is C14H24F6NP. The first-order chi connectivity index (χ1) is 9.69. The standard InChI is InChI=1S/C14H24N.F6P/c1-4-5-6-7-8-14(3)15-11-9-13(2)10-12-15;1-7(2,3,4,5)6/h9-12,14H,4-8H2,1-3H3;/q+1;-1. The van der Waals surface area contributed by atoms with Crippen LogP contribution in [-0.2, 0) is 0 Å². The molecule has 22 heavy (non-hydrogen) atoms. The van der Waals surface area contributed by atoms with E-state index in [1.54, 1.807) is 0 Å². The summed E-state index contributed by atoms with van der Waals surface area (Å²) in [7, 11) is -10.7. The summed E-state index contributed by atoms with van der Waals surface area (Å²) in [4.78, 5) is 0. The molecule has 1 aromatic rings. The zero-order valence-corrected chi connectivity index (χ0v) is 14.0. The van der Waals surface area contributed by atoms with Crippen LogP contribution >= 0.6 is 7.81 Å². The quantitative estimate of drug-likeness (QED) is 0.221. The van der Waals surface area contributed by atoms with E-state index in [-0.39, 0.29) is 0 Å². The first-order valence-electron chi connectivity index (χ1n) is 7.23. The number of hydrogen-bond donors (Lipinski definition) is 0. The molecule has 1 nitrogen and oxygen atoms in total. The summed E-state index contributed by atoms with van der Waals surface area (Å²) in [6.07, 6.45) is 11.1. The van der Waals surface area contributed by atoms with Crippen molar-refractivity contribution in [2.24, 2.45) is 0 Å². The number of hydrogen-bond acceptors (Lipinski definition) is 0. The number of nitrogens with zero attached hydrogens (tertiary/aromatic N) is 1. The van der Waals surface area contributed by atoms with Crippen LogP contribution in [0.3, 0.4) is 0 Å². The molecule has 0 radical (unpaired) electrons. The number of aryl methyl sites for hydroxylation is 1. The number of aromatic nitrogens is 1. The normalized spacial score (nSPS) is 16.0. The second-order valence-corrected chi connectivity index (χ2v) is 7.40. The van der Waals surface area contributed by atoms with Crippen LogP contribution < -0.4 is 4.57 Å². The van der Waals surface area contributed by atoms with E-state index in [4.69, 9.17) is 0 Å². The van der Waals surface area contributed by atoms with Gasteiger partial charge in [-0.05, 0) is 25.8 Å². The zero-order chi connectivity index (χ0) is 17.5. The topological polar surface area (TPSA) is 3.88 Å². The van der Waals surface area contributed by atoms with E-state index in [1.165, 1.54) is 37.7 Å². The molecule has 1 unspecified atom stereocenters. The average molecular weight is 351 g/mol. The molecule has 0 aromatic carbocycles. The van der Waals surface area contributed by atoms with Gasteiger partial charge >= 0.3 is 33.0 Å². The Kier molecular flexibility index (Phi) is 6.88. The van der Waals surface area contributed by atoms with Gasteiger partial charge < -0.3 is 0 Å². The molecule has 0 aliphatic heterocycles. The van der Waals surface area contributed by atoms with E-state index < -0.39 is 7.81 Å². The molecule has 0 amide bonds. The number of unbranched alkanes of at least 4 members (excludes halogenated alkanes) is 3. The molecule has 0 saturated heterocycles. The molecule has 1 atom stereocenters. The molecule has 0 aliphatic rings. The van der Waals surface area contributed by atoms with Crippen molar-refractivity contribution in [1.82, 2.24) is 0 Å². The Morgan fingerprint density at radius 3 is 1.82 bits per heavy atom. The van der Waals surface area contributed by atoms with Gasteiger partial charge in [-0.15, -0.1) is 0 Å². The minimum absolute atomic E-state index is 0.641. The van der Waals surface area contributed by atoms with Gasteiger partial charge in [-0.25, -0.2) is 4.57 Å². The fraction of sp³-hybridized carbons (Fsp3) is 0.643. The Morgan fingerprint density at radius 1 is 0.955 bits per heavy atom. The van der Waals surface area contributed by atoms with Crippen molar-refractivity contribution in [3.63, 3.8) is 0 Å². The maximum absolute atomic E-state index is 10.7. The van der Waals surface area contributed by atoms with Crippen LogP contribution in [0.5, 0.6) is 0 Å². The molecule has 1 heterocycles. The summed E-state index contributed by atoms with van der Waals surface area (Å²) in [6.45, 7) is 6.70. The summed E-state index contributed by atoms with van der Waals surface area (Å²) < 4.78 is 61.5. The Bertz CT molecular complexity index is 428. The Labute approximate surface area is 127 Å². The van der Waals surface area contributed by atoms with E-state index in [9.17, 15) is 25.2 Å². The summed E-state index contributed by atoms with van der Waals surface area (Å²) >= 11 is 0. The number of halogens is 6. The first kappa shape index (κ1) is 21.2. The van der Waals surface area contributed by atoms with Gasteiger partial charge in [0, 0.05) is 18.6 Å². The van der Waals surface area contributed by atoms with Crippen LogP contribution in [0, 0.1) is 6.92 Å².